The number of carbonyl (C=O) groups is 2. The minimum absolute atomic E-state index is 0.174. The fraction of sp³-hybridized carbons (Fsp3) is 0.429. The lowest BCUT2D eigenvalue weighted by Gasteiger charge is -2.34. The van der Waals surface area contributed by atoms with Gasteiger partial charge in [-0.2, -0.15) is 0 Å². The molecule has 2 aromatic rings. The fourth-order valence-electron chi connectivity index (χ4n) is 3.65. The van der Waals surface area contributed by atoms with Crippen LogP contribution in [0.2, 0.25) is 0 Å². The molecular weight excluding hydrogens is 314 g/mol. The zero-order valence-corrected chi connectivity index (χ0v) is 14.8. The maximum Gasteiger partial charge on any atom is 0.339 e. The Balaban J connectivity index is 1.59. The zero-order chi connectivity index (χ0) is 17.8. The molecule has 0 unspecified atom stereocenters. The molecule has 4 nitrogen and oxygen atoms in total. The highest BCUT2D eigenvalue weighted by molar-refractivity contribution is 6.04. The molecule has 1 amide bonds. The van der Waals surface area contributed by atoms with Gasteiger partial charge in [-0.05, 0) is 35.1 Å². The molecule has 3 atom stereocenters. The van der Waals surface area contributed by atoms with Crippen molar-refractivity contribution >= 4 is 22.6 Å². The van der Waals surface area contributed by atoms with Gasteiger partial charge in [0.15, 0.2) is 6.61 Å². The average Bonchev–Trinajstić information content (AvgIpc) is 2.63. The second-order valence-electron chi connectivity index (χ2n) is 7.04. The molecule has 132 valence electrons. The molecule has 0 aliphatic heterocycles. The number of rotatable bonds is 4. The Bertz CT molecular complexity index is 765. The SMILES string of the molecule is C[C@H]1[C@H](C)CCC[C@H]1NC(=O)COC(=O)c1cccc2ccccc12. The predicted molar refractivity (Wildman–Crippen MR) is 98.3 cm³/mol. The van der Waals surface area contributed by atoms with E-state index in [-0.39, 0.29) is 18.6 Å². The molecule has 0 radical (unpaired) electrons. The monoisotopic (exact) mass is 339 g/mol. The summed E-state index contributed by atoms with van der Waals surface area (Å²) in [6.07, 6.45) is 3.34. The topological polar surface area (TPSA) is 55.4 Å². The molecule has 0 bridgehead atoms. The van der Waals surface area contributed by atoms with E-state index in [9.17, 15) is 9.59 Å². The molecule has 0 aromatic heterocycles. The second kappa shape index (κ2) is 7.68. The van der Waals surface area contributed by atoms with Gasteiger partial charge in [0.1, 0.15) is 0 Å². The first-order valence-corrected chi connectivity index (χ1v) is 9.00. The van der Waals surface area contributed by atoms with Gasteiger partial charge in [-0.1, -0.05) is 63.1 Å². The van der Waals surface area contributed by atoms with Crippen LogP contribution in [0, 0.1) is 11.8 Å². The van der Waals surface area contributed by atoms with Gasteiger partial charge in [0.2, 0.25) is 0 Å². The summed E-state index contributed by atoms with van der Waals surface area (Å²) in [5, 5.41) is 4.84. The van der Waals surface area contributed by atoms with Crippen molar-refractivity contribution in [2.45, 2.75) is 39.2 Å². The van der Waals surface area contributed by atoms with Crippen LogP contribution in [0.5, 0.6) is 0 Å². The highest BCUT2D eigenvalue weighted by Gasteiger charge is 2.28. The number of amides is 1. The summed E-state index contributed by atoms with van der Waals surface area (Å²) in [6, 6.07) is 13.3. The molecule has 0 spiro atoms. The van der Waals surface area contributed by atoms with Crippen molar-refractivity contribution < 1.29 is 14.3 Å². The Kier molecular flexibility index (Phi) is 5.37. The summed E-state index contributed by atoms with van der Waals surface area (Å²) >= 11 is 0. The van der Waals surface area contributed by atoms with Crippen LogP contribution in [0.1, 0.15) is 43.5 Å². The van der Waals surface area contributed by atoms with Crippen molar-refractivity contribution in [3.63, 3.8) is 0 Å². The number of carbonyl (C=O) groups excluding carboxylic acids is 2. The predicted octanol–water partition coefficient (Wildman–Crippen LogP) is 3.94. The van der Waals surface area contributed by atoms with Crippen molar-refractivity contribution in [1.82, 2.24) is 5.32 Å². The van der Waals surface area contributed by atoms with Gasteiger partial charge in [0.05, 0.1) is 5.56 Å². The Morgan fingerprint density at radius 1 is 1.08 bits per heavy atom. The first kappa shape index (κ1) is 17.5. The quantitative estimate of drug-likeness (QED) is 0.859. The van der Waals surface area contributed by atoms with Gasteiger partial charge < -0.3 is 10.1 Å². The minimum Gasteiger partial charge on any atom is -0.452 e. The van der Waals surface area contributed by atoms with Crippen LogP contribution < -0.4 is 5.32 Å². The van der Waals surface area contributed by atoms with E-state index >= 15 is 0 Å². The van der Waals surface area contributed by atoms with E-state index in [4.69, 9.17) is 4.74 Å². The van der Waals surface area contributed by atoms with E-state index in [0.717, 1.165) is 23.6 Å². The Hall–Kier alpha value is -2.36. The number of hydrogen-bond acceptors (Lipinski definition) is 3. The molecule has 1 saturated carbocycles. The highest BCUT2D eigenvalue weighted by atomic mass is 16.5. The number of esters is 1. The van der Waals surface area contributed by atoms with Gasteiger partial charge >= 0.3 is 5.97 Å². The molecule has 1 fully saturated rings. The van der Waals surface area contributed by atoms with Gasteiger partial charge in [-0.3, -0.25) is 4.79 Å². The van der Waals surface area contributed by atoms with Crippen LogP contribution in [0.25, 0.3) is 10.8 Å². The molecule has 1 N–H and O–H groups in total. The van der Waals surface area contributed by atoms with Crippen molar-refractivity contribution in [3.8, 4) is 0 Å². The molecule has 0 heterocycles. The third kappa shape index (κ3) is 4.01. The lowest BCUT2D eigenvalue weighted by Crippen LogP contribution is -2.45. The molecule has 0 saturated heterocycles. The van der Waals surface area contributed by atoms with E-state index in [1.54, 1.807) is 6.07 Å². The van der Waals surface area contributed by atoms with Crippen LogP contribution in [0.15, 0.2) is 42.5 Å². The summed E-state index contributed by atoms with van der Waals surface area (Å²) in [5.41, 5.74) is 0.491. The Morgan fingerprint density at radius 3 is 2.68 bits per heavy atom. The summed E-state index contributed by atoms with van der Waals surface area (Å²) in [7, 11) is 0. The largest absolute Gasteiger partial charge is 0.452 e. The first-order valence-electron chi connectivity index (χ1n) is 9.00. The molecule has 4 heteroatoms. The number of hydrogen-bond donors (Lipinski definition) is 1. The number of fused-ring (bicyclic) bond motifs is 1. The molecular formula is C21H25NO3. The lowest BCUT2D eigenvalue weighted by molar-refractivity contribution is -0.125. The molecule has 1 aliphatic carbocycles. The summed E-state index contributed by atoms with van der Waals surface area (Å²) in [6.45, 7) is 4.17. The van der Waals surface area contributed by atoms with Gasteiger partial charge in [0, 0.05) is 6.04 Å². The third-order valence-corrected chi connectivity index (χ3v) is 5.40. The van der Waals surface area contributed by atoms with Gasteiger partial charge in [-0.15, -0.1) is 0 Å². The second-order valence-corrected chi connectivity index (χ2v) is 7.04. The van der Waals surface area contributed by atoms with Crippen LogP contribution in [-0.4, -0.2) is 24.5 Å². The number of ether oxygens (including phenoxy) is 1. The normalized spacial score (nSPS) is 23.2. The average molecular weight is 339 g/mol. The van der Waals surface area contributed by atoms with Crippen molar-refractivity contribution in [2.75, 3.05) is 6.61 Å². The Labute approximate surface area is 148 Å². The molecule has 1 aliphatic rings. The van der Waals surface area contributed by atoms with Crippen LogP contribution >= 0.6 is 0 Å². The maximum absolute atomic E-state index is 12.4. The van der Waals surface area contributed by atoms with Crippen LogP contribution in [0.4, 0.5) is 0 Å². The maximum atomic E-state index is 12.4. The van der Waals surface area contributed by atoms with E-state index in [0.29, 0.717) is 17.4 Å². The highest BCUT2D eigenvalue weighted by Crippen LogP contribution is 2.29. The molecule has 25 heavy (non-hydrogen) atoms. The summed E-state index contributed by atoms with van der Waals surface area (Å²) in [5.74, 6) is 0.375. The third-order valence-electron chi connectivity index (χ3n) is 5.40. The first-order chi connectivity index (χ1) is 12.1. The number of benzene rings is 2. The standard InChI is InChI=1S/C21H25NO3/c1-14-7-5-12-19(15(14)2)22-20(23)13-25-21(24)18-11-6-9-16-8-3-4-10-17(16)18/h3-4,6,8-11,14-15,19H,5,7,12-13H2,1-2H3,(H,22,23)/t14-,15+,19-/m1/s1. The van der Waals surface area contributed by atoms with Crippen molar-refractivity contribution in [2.24, 2.45) is 11.8 Å². The molecule has 2 aromatic carbocycles. The van der Waals surface area contributed by atoms with Crippen LogP contribution in [-0.2, 0) is 9.53 Å². The summed E-state index contributed by atoms with van der Waals surface area (Å²) in [4.78, 5) is 24.5. The fourth-order valence-corrected chi connectivity index (χ4v) is 3.65. The molecule has 3 rings (SSSR count). The van der Waals surface area contributed by atoms with Crippen LogP contribution in [0.3, 0.4) is 0 Å². The van der Waals surface area contributed by atoms with E-state index < -0.39 is 5.97 Å². The Morgan fingerprint density at radius 2 is 1.84 bits per heavy atom. The van der Waals surface area contributed by atoms with E-state index in [1.807, 2.05) is 36.4 Å². The zero-order valence-electron chi connectivity index (χ0n) is 14.8. The summed E-state index contributed by atoms with van der Waals surface area (Å²) < 4.78 is 5.25. The lowest BCUT2D eigenvalue weighted by atomic mass is 9.78. The van der Waals surface area contributed by atoms with E-state index in [1.165, 1.54) is 6.42 Å². The minimum atomic E-state index is -0.461. The number of nitrogens with one attached hydrogen (secondary N) is 1. The van der Waals surface area contributed by atoms with Gasteiger partial charge in [0.25, 0.3) is 5.91 Å². The van der Waals surface area contributed by atoms with Crippen molar-refractivity contribution in [3.05, 3.63) is 48.0 Å². The van der Waals surface area contributed by atoms with E-state index in [2.05, 4.69) is 19.2 Å². The van der Waals surface area contributed by atoms with Crippen molar-refractivity contribution in [1.29, 1.82) is 0 Å². The smallest absolute Gasteiger partial charge is 0.339 e. The van der Waals surface area contributed by atoms with Gasteiger partial charge in [-0.25, -0.2) is 4.79 Å².